The van der Waals surface area contributed by atoms with E-state index in [2.05, 4.69) is 62.3 Å². The van der Waals surface area contributed by atoms with E-state index >= 15 is 0 Å². The summed E-state index contributed by atoms with van der Waals surface area (Å²) in [5, 5.41) is 14.5. The van der Waals surface area contributed by atoms with Crippen molar-refractivity contribution in [3.63, 3.8) is 0 Å². The zero-order valence-corrected chi connectivity index (χ0v) is 21.8. The number of aliphatic hydroxyl groups is 1. The van der Waals surface area contributed by atoms with Crippen LogP contribution in [0.1, 0.15) is 43.4 Å². The van der Waals surface area contributed by atoms with E-state index in [1.54, 1.807) is 12.4 Å². The average molecular weight is 489 g/mol. The Kier molecular flexibility index (Phi) is 7.91. The molecule has 2 aromatic rings. The van der Waals surface area contributed by atoms with Crippen molar-refractivity contribution in [1.29, 1.82) is 0 Å². The highest BCUT2D eigenvalue weighted by Gasteiger charge is 2.31. The fraction of sp³-hybridized carbons (Fsp3) is 0.379. The van der Waals surface area contributed by atoms with Crippen molar-refractivity contribution >= 4 is 11.5 Å². The molecule has 0 amide bonds. The Balaban J connectivity index is 1.77. The summed E-state index contributed by atoms with van der Waals surface area (Å²) in [6, 6.07) is 10.1. The maximum absolute atomic E-state index is 11.0. The summed E-state index contributed by atoms with van der Waals surface area (Å²) in [4.78, 5) is 11.1. The molecule has 7 nitrogen and oxygen atoms in total. The molecule has 1 aromatic carbocycles. The van der Waals surface area contributed by atoms with E-state index in [1.807, 2.05) is 30.2 Å². The van der Waals surface area contributed by atoms with Crippen LogP contribution in [0.4, 0.5) is 0 Å². The number of ether oxygens (including phenoxy) is 2. The van der Waals surface area contributed by atoms with Gasteiger partial charge in [-0.2, -0.15) is 4.99 Å². The summed E-state index contributed by atoms with van der Waals surface area (Å²) in [6.07, 6.45) is 8.57. The second-order valence-corrected chi connectivity index (χ2v) is 9.78. The van der Waals surface area contributed by atoms with Crippen molar-refractivity contribution in [1.82, 2.24) is 15.2 Å². The summed E-state index contributed by atoms with van der Waals surface area (Å²) in [7, 11) is 1.98. The summed E-state index contributed by atoms with van der Waals surface area (Å²) in [5.74, 6) is 2.60. The van der Waals surface area contributed by atoms with Gasteiger partial charge in [0.1, 0.15) is 17.4 Å². The van der Waals surface area contributed by atoms with Crippen LogP contribution < -0.4 is 10.1 Å². The maximum Gasteiger partial charge on any atom is 0.224 e. The third-order valence-corrected chi connectivity index (χ3v) is 6.53. The van der Waals surface area contributed by atoms with E-state index in [4.69, 9.17) is 14.5 Å². The molecule has 2 N–H and O–H groups in total. The van der Waals surface area contributed by atoms with Crippen LogP contribution in [-0.2, 0) is 4.74 Å². The number of aryl methyl sites for hydroxylation is 2. The number of allylic oxidation sites excluding steroid dienone is 3. The SMILES string of the molecule is CC(C)=C/C(=C1/N=C(Oc2cccnc2)C=C(NCC2(O)CCOCC2)N1C)c1ccc(C)c(C)c1. The lowest BCUT2D eigenvalue weighted by atomic mass is 9.94. The molecule has 0 radical (unpaired) electrons. The molecular formula is C29H36N4O3. The Morgan fingerprint density at radius 1 is 1.19 bits per heavy atom. The minimum absolute atomic E-state index is 0.404. The van der Waals surface area contributed by atoms with Crippen molar-refractivity contribution in [3.8, 4) is 5.75 Å². The van der Waals surface area contributed by atoms with Crippen molar-refractivity contribution in [2.45, 2.75) is 46.1 Å². The van der Waals surface area contributed by atoms with Crippen molar-refractivity contribution in [2.75, 3.05) is 26.8 Å². The summed E-state index contributed by atoms with van der Waals surface area (Å²) < 4.78 is 11.6. The van der Waals surface area contributed by atoms with Crippen LogP contribution in [-0.4, -0.2) is 53.3 Å². The number of nitrogens with zero attached hydrogens (tertiary/aromatic N) is 3. The summed E-state index contributed by atoms with van der Waals surface area (Å²) >= 11 is 0. The van der Waals surface area contributed by atoms with Gasteiger partial charge in [-0.15, -0.1) is 0 Å². The highest BCUT2D eigenvalue weighted by Crippen LogP contribution is 2.30. The molecule has 0 unspecified atom stereocenters. The average Bonchev–Trinajstić information content (AvgIpc) is 2.85. The molecule has 4 rings (SSSR count). The molecule has 0 bridgehead atoms. The zero-order chi connectivity index (χ0) is 25.7. The van der Waals surface area contributed by atoms with Gasteiger partial charge in [-0.3, -0.25) is 4.98 Å². The molecular weight excluding hydrogens is 452 g/mol. The van der Waals surface area contributed by atoms with Crippen molar-refractivity contribution < 1.29 is 14.6 Å². The van der Waals surface area contributed by atoms with Crippen LogP contribution in [0, 0.1) is 13.8 Å². The number of hydrogen-bond donors (Lipinski definition) is 2. The van der Waals surface area contributed by atoms with Crippen LogP contribution in [0.5, 0.6) is 5.75 Å². The standard InChI is InChI=1S/C29H36N4O3/c1-20(2)15-25(23-9-8-21(3)22(4)16-23)28-32-27(36-24-7-6-12-30-18-24)17-26(33(28)5)31-19-29(34)10-13-35-14-11-29/h6-9,12,15-18,31,34H,10-11,13-14,19H2,1-5H3/b28-25+. The maximum atomic E-state index is 11.0. The van der Waals surface area contributed by atoms with Gasteiger partial charge in [0.15, 0.2) is 0 Å². The lowest BCUT2D eigenvalue weighted by molar-refractivity contribution is -0.0609. The normalized spacial score (nSPS) is 18.7. The molecule has 36 heavy (non-hydrogen) atoms. The van der Waals surface area contributed by atoms with Gasteiger partial charge in [0.25, 0.3) is 0 Å². The molecule has 190 valence electrons. The molecule has 2 aliphatic rings. The zero-order valence-electron chi connectivity index (χ0n) is 21.8. The van der Waals surface area contributed by atoms with Gasteiger partial charge in [0.05, 0.1) is 11.8 Å². The van der Waals surface area contributed by atoms with Gasteiger partial charge in [0, 0.05) is 57.5 Å². The fourth-order valence-electron chi connectivity index (χ4n) is 4.19. The van der Waals surface area contributed by atoms with Crippen molar-refractivity contribution in [3.05, 3.63) is 88.8 Å². The first-order chi connectivity index (χ1) is 17.2. The quantitative estimate of drug-likeness (QED) is 0.612. The number of aliphatic imine (C=N–C) groups is 1. The molecule has 1 fully saturated rings. The highest BCUT2D eigenvalue weighted by atomic mass is 16.5. The Labute approximate surface area is 213 Å². The smallest absolute Gasteiger partial charge is 0.224 e. The first kappa shape index (κ1) is 25.7. The van der Waals surface area contributed by atoms with E-state index in [9.17, 15) is 5.11 Å². The molecule has 0 saturated carbocycles. The monoisotopic (exact) mass is 488 g/mol. The Morgan fingerprint density at radius 3 is 2.64 bits per heavy atom. The summed E-state index contributed by atoms with van der Waals surface area (Å²) in [6.45, 7) is 9.92. The first-order valence-electron chi connectivity index (χ1n) is 12.4. The molecule has 0 atom stereocenters. The number of aromatic nitrogens is 1. The number of nitrogens with one attached hydrogen (secondary N) is 1. The number of benzene rings is 1. The number of rotatable bonds is 6. The highest BCUT2D eigenvalue weighted by molar-refractivity contribution is 5.93. The van der Waals surface area contributed by atoms with Crippen molar-refractivity contribution in [2.24, 2.45) is 4.99 Å². The van der Waals surface area contributed by atoms with E-state index < -0.39 is 5.60 Å². The molecule has 2 aliphatic heterocycles. The van der Waals surface area contributed by atoms with Gasteiger partial charge in [-0.05, 0) is 56.5 Å². The summed E-state index contributed by atoms with van der Waals surface area (Å²) in [5.41, 5.74) is 4.88. The Morgan fingerprint density at radius 2 is 1.97 bits per heavy atom. The minimum atomic E-state index is -0.820. The van der Waals surface area contributed by atoms with Gasteiger partial charge >= 0.3 is 0 Å². The minimum Gasteiger partial charge on any atom is -0.437 e. The van der Waals surface area contributed by atoms with E-state index in [0.717, 1.165) is 28.4 Å². The third-order valence-electron chi connectivity index (χ3n) is 6.53. The molecule has 7 heteroatoms. The van der Waals surface area contributed by atoms with E-state index in [-0.39, 0.29) is 0 Å². The van der Waals surface area contributed by atoms with E-state index in [0.29, 0.717) is 44.2 Å². The predicted molar refractivity (Wildman–Crippen MR) is 143 cm³/mol. The Hall–Kier alpha value is -3.42. The Bertz CT molecular complexity index is 1200. The van der Waals surface area contributed by atoms with Crippen LogP contribution in [0.3, 0.4) is 0 Å². The van der Waals surface area contributed by atoms with Gasteiger partial charge < -0.3 is 24.8 Å². The topological polar surface area (TPSA) is 79.2 Å². The van der Waals surface area contributed by atoms with Crippen LogP contribution in [0.2, 0.25) is 0 Å². The first-order valence-corrected chi connectivity index (χ1v) is 12.4. The van der Waals surface area contributed by atoms with E-state index in [1.165, 1.54) is 11.1 Å². The fourth-order valence-corrected chi connectivity index (χ4v) is 4.19. The molecule has 0 aliphatic carbocycles. The lowest BCUT2D eigenvalue weighted by Gasteiger charge is -2.35. The van der Waals surface area contributed by atoms with Crippen LogP contribution in [0.25, 0.3) is 5.57 Å². The van der Waals surface area contributed by atoms with Gasteiger partial charge in [0.2, 0.25) is 5.90 Å². The van der Waals surface area contributed by atoms with Crippen LogP contribution in [0.15, 0.2) is 77.1 Å². The number of pyridine rings is 1. The lowest BCUT2D eigenvalue weighted by Crippen LogP contribution is -2.47. The van der Waals surface area contributed by atoms with Crippen LogP contribution >= 0.6 is 0 Å². The number of hydrogen-bond acceptors (Lipinski definition) is 7. The van der Waals surface area contributed by atoms with Gasteiger partial charge in [-0.25, -0.2) is 0 Å². The molecule has 1 saturated heterocycles. The largest absolute Gasteiger partial charge is 0.437 e. The second kappa shape index (κ2) is 11.1. The second-order valence-electron chi connectivity index (χ2n) is 9.78. The van der Waals surface area contributed by atoms with Gasteiger partial charge in [-0.1, -0.05) is 29.8 Å². The molecule has 3 heterocycles. The molecule has 0 spiro atoms. The molecule has 1 aromatic heterocycles. The predicted octanol–water partition coefficient (Wildman–Crippen LogP) is 4.73. The third kappa shape index (κ3) is 6.22.